The summed E-state index contributed by atoms with van der Waals surface area (Å²) < 4.78 is 12.7. The molecule has 5 heteroatoms. The Balaban J connectivity index is 0.00000165. The molecule has 0 aliphatic heterocycles. The van der Waals surface area contributed by atoms with Crippen LogP contribution in [0.1, 0.15) is 44.4 Å². The molecule has 0 aliphatic carbocycles. The molecule has 1 rings (SSSR count). The normalized spacial score (nSPS) is 12.5. The zero-order chi connectivity index (χ0) is 21.4. The van der Waals surface area contributed by atoms with E-state index in [0.29, 0.717) is 18.7 Å². The van der Waals surface area contributed by atoms with Crippen molar-refractivity contribution in [2.75, 3.05) is 6.54 Å². The largest absolute Gasteiger partial charge is 0.308 e. The van der Waals surface area contributed by atoms with Gasteiger partial charge >= 0.3 is 0 Å². The second kappa shape index (κ2) is 15.3. The lowest BCUT2D eigenvalue weighted by Gasteiger charge is -2.09. The number of hydrogen-bond acceptors (Lipinski definition) is 3. The summed E-state index contributed by atoms with van der Waals surface area (Å²) in [6.07, 6.45) is 13.1. The molecular weight excluding hydrogens is 353 g/mol. The third-order valence-electron chi connectivity index (χ3n) is 3.60. The van der Waals surface area contributed by atoms with Gasteiger partial charge in [0.2, 0.25) is 0 Å². The highest BCUT2D eigenvalue weighted by Crippen LogP contribution is 2.13. The van der Waals surface area contributed by atoms with Crippen LogP contribution in [0.3, 0.4) is 0 Å². The third kappa shape index (κ3) is 11.0. The van der Waals surface area contributed by atoms with Gasteiger partial charge in [-0.25, -0.2) is 9.49 Å². The first-order chi connectivity index (χ1) is 13.4. The quantitative estimate of drug-likeness (QED) is 0.426. The molecule has 1 unspecified atom stereocenters. The van der Waals surface area contributed by atoms with Crippen molar-refractivity contribution < 1.29 is 4.39 Å². The zero-order valence-corrected chi connectivity index (χ0v) is 17.2. The first kappa shape index (κ1) is 25.2. The molecule has 1 heterocycles. The number of allylic oxidation sites excluding steroid dienone is 7. The van der Waals surface area contributed by atoms with E-state index >= 15 is 0 Å². The summed E-state index contributed by atoms with van der Waals surface area (Å²) in [6.45, 7) is 16.9. The van der Waals surface area contributed by atoms with Crippen molar-refractivity contribution in [1.82, 2.24) is 15.5 Å². The van der Waals surface area contributed by atoms with Gasteiger partial charge in [0.1, 0.15) is 5.83 Å². The third-order valence-corrected chi connectivity index (χ3v) is 3.60. The van der Waals surface area contributed by atoms with Crippen LogP contribution < -0.4 is 10.9 Å². The average molecular weight is 386 g/mol. The summed E-state index contributed by atoms with van der Waals surface area (Å²) in [5.41, 5.74) is 2.20. The summed E-state index contributed by atoms with van der Waals surface area (Å²) in [5.74, 6) is -0.343. The lowest BCUT2D eigenvalue weighted by molar-refractivity contribution is 0.670. The molecule has 0 saturated heterocycles. The number of rotatable bonds is 10. The number of aromatic amines is 1. The fourth-order valence-corrected chi connectivity index (χ4v) is 2.22. The van der Waals surface area contributed by atoms with Crippen molar-refractivity contribution in [2.45, 2.75) is 39.7 Å². The lowest BCUT2D eigenvalue weighted by Crippen LogP contribution is -2.24. The van der Waals surface area contributed by atoms with Gasteiger partial charge < -0.3 is 5.32 Å². The summed E-state index contributed by atoms with van der Waals surface area (Å²) in [6, 6.07) is 1.82. The van der Waals surface area contributed by atoms with Gasteiger partial charge in [-0.15, -0.1) is 0 Å². The minimum absolute atomic E-state index is 0.139. The van der Waals surface area contributed by atoms with E-state index in [9.17, 15) is 9.18 Å². The van der Waals surface area contributed by atoms with E-state index in [1.165, 1.54) is 6.08 Å². The van der Waals surface area contributed by atoms with Gasteiger partial charge in [-0.3, -0.25) is 4.79 Å². The molecule has 0 aliphatic rings. The van der Waals surface area contributed by atoms with Gasteiger partial charge in [-0.05, 0) is 31.1 Å². The molecule has 1 aromatic rings. The Morgan fingerprint density at radius 1 is 1.36 bits per heavy atom. The van der Waals surface area contributed by atoms with Crippen LogP contribution in [-0.4, -0.2) is 16.7 Å². The van der Waals surface area contributed by atoms with E-state index in [1.807, 2.05) is 45.1 Å². The second-order valence-electron chi connectivity index (χ2n) is 6.00. The summed E-state index contributed by atoms with van der Waals surface area (Å²) in [7, 11) is 0. The smallest absolute Gasteiger partial charge is 0.268 e. The number of halogens is 1. The van der Waals surface area contributed by atoms with Gasteiger partial charge in [-0.2, -0.15) is 5.10 Å². The van der Waals surface area contributed by atoms with E-state index in [1.54, 1.807) is 18.2 Å². The predicted molar refractivity (Wildman–Crippen MR) is 118 cm³/mol. The number of nitrogens with zero attached hydrogens (tertiary/aromatic N) is 1. The lowest BCUT2D eigenvalue weighted by atomic mass is 10.1. The summed E-state index contributed by atoms with van der Waals surface area (Å²) in [4.78, 5) is 11.9. The molecule has 0 radical (unpaired) electrons. The maximum absolute atomic E-state index is 12.7. The van der Waals surface area contributed by atoms with Gasteiger partial charge in [0.05, 0.1) is 5.69 Å². The molecule has 0 bridgehead atoms. The number of nitrogens with one attached hydrogen (secondary N) is 2. The minimum Gasteiger partial charge on any atom is -0.308 e. The monoisotopic (exact) mass is 385 g/mol. The highest BCUT2D eigenvalue weighted by molar-refractivity contribution is 5.25. The van der Waals surface area contributed by atoms with Crippen molar-refractivity contribution in [3.63, 3.8) is 0 Å². The minimum atomic E-state index is -0.481. The van der Waals surface area contributed by atoms with Gasteiger partial charge in [0.15, 0.2) is 0 Å². The molecule has 0 fully saturated rings. The van der Waals surface area contributed by atoms with Crippen molar-refractivity contribution in [1.29, 1.82) is 0 Å². The van der Waals surface area contributed by atoms with Crippen LogP contribution in [0.15, 0.2) is 84.5 Å². The molecule has 1 aromatic heterocycles. The summed E-state index contributed by atoms with van der Waals surface area (Å²) in [5, 5.41) is 9.84. The van der Waals surface area contributed by atoms with Gasteiger partial charge in [0, 0.05) is 24.6 Å². The van der Waals surface area contributed by atoms with Crippen molar-refractivity contribution in [3.05, 3.63) is 101 Å². The van der Waals surface area contributed by atoms with Crippen LogP contribution >= 0.6 is 0 Å². The fraction of sp³-hybridized carbons (Fsp3) is 0.304. The predicted octanol–water partition coefficient (Wildman–Crippen LogP) is 5.27. The van der Waals surface area contributed by atoms with E-state index < -0.39 is 5.83 Å². The number of H-pyrrole nitrogens is 1. The van der Waals surface area contributed by atoms with Crippen LogP contribution in [0.2, 0.25) is 0 Å². The molecule has 0 aromatic carbocycles. The Bertz CT molecular complexity index is 766. The molecule has 0 spiro atoms. The Morgan fingerprint density at radius 3 is 2.57 bits per heavy atom. The first-order valence-corrected chi connectivity index (χ1v) is 9.26. The van der Waals surface area contributed by atoms with E-state index in [0.717, 1.165) is 17.7 Å². The van der Waals surface area contributed by atoms with Crippen molar-refractivity contribution >= 4 is 0 Å². The van der Waals surface area contributed by atoms with Crippen LogP contribution in [0.5, 0.6) is 0 Å². The molecule has 0 amide bonds. The Hall–Kier alpha value is -2.79. The first-order valence-electron chi connectivity index (χ1n) is 9.26. The van der Waals surface area contributed by atoms with Crippen LogP contribution in [0, 0.1) is 0 Å². The van der Waals surface area contributed by atoms with Gasteiger partial charge in [0.25, 0.3) is 5.56 Å². The van der Waals surface area contributed by atoms with Gasteiger partial charge in [-0.1, -0.05) is 70.0 Å². The van der Waals surface area contributed by atoms with Crippen molar-refractivity contribution in [2.24, 2.45) is 0 Å². The molecule has 2 N–H and O–H groups in total. The van der Waals surface area contributed by atoms with E-state index in [2.05, 4.69) is 35.3 Å². The zero-order valence-electron chi connectivity index (χ0n) is 17.2. The maximum atomic E-state index is 12.7. The molecule has 4 nitrogen and oxygen atoms in total. The SMILES string of the molecule is C=C(F)/C=C\C(=C/CC)CNCc1cc(C(C)/C=C\C)n[nH]c1=O.C=CC=C. The Kier molecular flexibility index (Phi) is 13.8. The maximum Gasteiger partial charge on any atom is 0.268 e. The molecule has 152 valence electrons. The van der Waals surface area contributed by atoms with E-state index in [4.69, 9.17) is 0 Å². The Morgan fingerprint density at radius 2 is 2.04 bits per heavy atom. The molecule has 0 saturated carbocycles. The molecule has 28 heavy (non-hydrogen) atoms. The average Bonchev–Trinajstić information content (AvgIpc) is 2.67. The van der Waals surface area contributed by atoms with Crippen LogP contribution in [-0.2, 0) is 6.54 Å². The Labute approximate surface area is 168 Å². The highest BCUT2D eigenvalue weighted by atomic mass is 19.1. The summed E-state index contributed by atoms with van der Waals surface area (Å²) >= 11 is 0. The second-order valence-corrected chi connectivity index (χ2v) is 6.00. The van der Waals surface area contributed by atoms with Crippen molar-refractivity contribution in [3.8, 4) is 0 Å². The highest BCUT2D eigenvalue weighted by Gasteiger charge is 2.07. The fourth-order valence-electron chi connectivity index (χ4n) is 2.22. The number of aromatic nitrogens is 2. The van der Waals surface area contributed by atoms with E-state index in [-0.39, 0.29) is 11.5 Å². The topological polar surface area (TPSA) is 57.8 Å². The standard InChI is InChI=1S/C19H26FN3O.C4H6/c1-5-7-14(3)18-11-17(19(24)23-22-18)13-21-12-16(8-6-2)10-9-15(4)20;1-3-4-2/h5,7-11,14,21H,4,6,12-13H2,1-3H3,(H,23,24);3-4H,1-2H2/b7-5-,10-9-,16-8+;. The van der Waals surface area contributed by atoms with Crippen LogP contribution in [0.4, 0.5) is 4.39 Å². The number of hydrogen-bond donors (Lipinski definition) is 2. The molecule has 1 atom stereocenters. The van der Waals surface area contributed by atoms with Crippen LogP contribution in [0.25, 0.3) is 0 Å². The molecular formula is C23H32FN3O.